The van der Waals surface area contributed by atoms with E-state index in [1.54, 1.807) is 12.4 Å². The number of hydrogen-bond donors (Lipinski definition) is 0. The molecule has 0 spiro atoms. The van der Waals surface area contributed by atoms with Crippen molar-refractivity contribution in [2.24, 2.45) is 0 Å². The molecule has 0 atom stereocenters. The fourth-order valence-electron chi connectivity index (χ4n) is 0.313. The summed E-state index contributed by atoms with van der Waals surface area (Å²) in [5.41, 5.74) is 0. The van der Waals surface area contributed by atoms with E-state index in [0.29, 0.717) is 0 Å². The number of nitrogens with zero attached hydrogens (tertiary/aromatic N) is 1. The van der Waals surface area contributed by atoms with E-state index < -0.39 is 10.4 Å². The fourth-order valence-corrected chi connectivity index (χ4v) is 0.313. The summed E-state index contributed by atoms with van der Waals surface area (Å²) >= 11 is 0. The Kier molecular flexibility index (Phi) is 8.63. The first-order chi connectivity index (χ1) is 5.00. The monoisotopic (exact) mass is 239 g/mol. The van der Waals surface area contributed by atoms with Crippen LogP contribution in [0.5, 0.6) is 0 Å². The van der Waals surface area contributed by atoms with Crippen molar-refractivity contribution in [3.8, 4) is 0 Å². The van der Waals surface area contributed by atoms with Gasteiger partial charge in [-0.2, -0.15) is 0 Å². The molecule has 7 heteroatoms. The molecule has 0 bridgehead atoms. The van der Waals surface area contributed by atoms with Gasteiger partial charge in [-0.3, -0.25) is 13.4 Å². The molecule has 0 aliphatic rings. The topological polar surface area (TPSA) is 93.2 Å². The second-order valence-electron chi connectivity index (χ2n) is 1.43. The molecule has 0 saturated carbocycles. The van der Waals surface area contributed by atoms with Crippen molar-refractivity contribution in [2.45, 2.75) is 0 Å². The summed E-state index contributed by atoms with van der Waals surface area (Å²) in [5, 5.41) is 0. The first-order valence-corrected chi connectivity index (χ1v) is 3.85. The quantitative estimate of drug-likeness (QED) is 0.354. The van der Waals surface area contributed by atoms with E-state index in [1.165, 1.54) is 0 Å². The van der Waals surface area contributed by atoms with E-state index >= 15 is 0 Å². The molecule has 1 aromatic heterocycles. The van der Waals surface area contributed by atoms with E-state index in [9.17, 15) is 0 Å². The zero-order valence-corrected chi connectivity index (χ0v) is 9.87. The molecular weight excluding hydrogens is 236 g/mol. The zero-order valence-electron chi connectivity index (χ0n) is 6.08. The molecule has 12 heavy (non-hydrogen) atoms. The van der Waals surface area contributed by atoms with Crippen LogP contribution in [0.3, 0.4) is 0 Å². The molecule has 0 unspecified atom stereocenters. The van der Waals surface area contributed by atoms with Gasteiger partial charge < -0.3 is 9.11 Å². The molecule has 0 amide bonds. The van der Waals surface area contributed by atoms with E-state index in [0.717, 1.165) is 0 Å². The average molecular weight is 241 g/mol. The van der Waals surface area contributed by atoms with Gasteiger partial charge in [0.15, 0.2) is 0 Å². The molecule has 5 nitrogen and oxygen atoms in total. The van der Waals surface area contributed by atoms with Crippen molar-refractivity contribution in [2.75, 3.05) is 0 Å². The third-order valence-electron chi connectivity index (χ3n) is 0.566. The van der Waals surface area contributed by atoms with Gasteiger partial charge in [-0.05, 0) is 12.1 Å². The van der Waals surface area contributed by atoms with Crippen LogP contribution in [0, 0.1) is 0 Å². The Labute approximate surface area is 83.2 Å². The van der Waals surface area contributed by atoms with Crippen molar-refractivity contribution in [1.29, 1.82) is 0 Å². The summed E-state index contributed by atoms with van der Waals surface area (Å²) in [4.78, 5) is 3.78. The van der Waals surface area contributed by atoms with Gasteiger partial charge in [0.2, 0.25) is 0 Å². The largest absolute Gasteiger partial charge is 2.00 e. The molecule has 1 rings (SSSR count). The van der Waals surface area contributed by atoms with Crippen molar-refractivity contribution >= 4 is 10.4 Å². The maximum absolute atomic E-state index is 8.52. The molecule has 0 radical (unpaired) electrons. The Morgan fingerprint density at radius 3 is 1.42 bits per heavy atom. The Morgan fingerprint density at radius 1 is 1.00 bits per heavy atom. The van der Waals surface area contributed by atoms with Crippen molar-refractivity contribution in [3.63, 3.8) is 0 Å². The van der Waals surface area contributed by atoms with Gasteiger partial charge in [-0.1, -0.05) is 6.07 Å². The predicted octanol–water partition coefficient (Wildman–Crippen LogP) is -0.259. The van der Waals surface area contributed by atoms with Crippen molar-refractivity contribution in [1.82, 2.24) is 4.98 Å². The van der Waals surface area contributed by atoms with E-state index in [4.69, 9.17) is 17.5 Å². The summed E-state index contributed by atoms with van der Waals surface area (Å²) in [6.07, 6.45) is 3.50. The smallest absolute Gasteiger partial charge is 0.759 e. The summed E-state index contributed by atoms with van der Waals surface area (Å²) in [5.74, 6) is 0. The third kappa shape index (κ3) is 22.6. The number of hydrogen-bond acceptors (Lipinski definition) is 5. The van der Waals surface area contributed by atoms with Gasteiger partial charge in [0.05, 0.1) is 0 Å². The molecule has 1 aromatic rings. The molecule has 62 valence electrons. The average Bonchev–Trinajstić information content (AvgIpc) is 1.88. The van der Waals surface area contributed by atoms with Gasteiger partial charge in [-0.15, -0.1) is 0 Å². The molecule has 0 aliphatic carbocycles. The Bertz CT molecular complexity index is 240. The van der Waals surface area contributed by atoms with E-state index in [2.05, 4.69) is 4.98 Å². The van der Waals surface area contributed by atoms with E-state index in [-0.39, 0.29) is 19.5 Å². The Morgan fingerprint density at radius 2 is 1.33 bits per heavy atom. The van der Waals surface area contributed by atoms with Crippen LogP contribution in [0.2, 0.25) is 0 Å². The molecule has 0 fully saturated rings. The maximum atomic E-state index is 8.52. The van der Waals surface area contributed by atoms with Gasteiger partial charge >= 0.3 is 19.5 Å². The molecule has 1 heterocycles. The van der Waals surface area contributed by atoms with Crippen LogP contribution >= 0.6 is 0 Å². The number of pyridine rings is 1. The minimum atomic E-state index is -5.17. The van der Waals surface area contributed by atoms with Crippen LogP contribution in [-0.4, -0.2) is 22.5 Å². The van der Waals surface area contributed by atoms with Crippen LogP contribution < -0.4 is 0 Å². The first-order valence-electron chi connectivity index (χ1n) is 2.52. The van der Waals surface area contributed by atoms with Crippen LogP contribution in [0.4, 0.5) is 0 Å². The van der Waals surface area contributed by atoms with Crippen molar-refractivity contribution < 1.29 is 37.0 Å². The summed E-state index contributed by atoms with van der Waals surface area (Å²) in [6.45, 7) is 0. The third-order valence-corrected chi connectivity index (χ3v) is 0.566. The maximum Gasteiger partial charge on any atom is 2.00 e. The predicted molar refractivity (Wildman–Crippen MR) is 34.7 cm³/mol. The SMILES string of the molecule is O=S(=O)([O-])[O-].[Zn+2].c1ccncc1. The minimum Gasteiger partial charge on any atom is -0.759 e. The number of aromatic nitrogens is 1. The summed E-state index contributed by atoms with van der Waals surface area (Å²) in [6, 6.07) is 5.72. The fraction of sp³-hybridized carbons (Fsp3) is 0. The second-order valence-corrected chi connectivity index (χ2v) is 2.25. The van der Waals surface area contributed by atoms with E-state index in [1.807, 2.05) is 18.2 Å². The van der Waals surface area contributed by atoms with Crippen molar-refractivity contribution in [3.05, 3.63) is 30.6 Å². The van der Waals surface area contributed by atoms with Gasteiger partial charge in [0.1, 0.15) is 0 Å². The van der Waals surface area contributed by atoms with Gasteiger partial charge in [0, 0.05) is 22.8 Å². The van der Waals surface area contributed by atoms with Crippen LogP contribution in [-0.2, 0) is 29.9 Å². The molecule has 0 N–H and O–H groups in total. The van der Waals surface area contributed by atoms with Crippen LogP contribution in [0.1, 0.15) is 0 Å². The Balaban J connectivity index is 0. The second kappa shape index (κ2) is 7.30. The van der Waals surface area contributed by atoms with Gasteiger partial charge in [-0.25, -0.2) is 0 Å². The minimum absolute atomic E-state index is 0. The van der Waals surface area contributed by atoms with Gasteiger partial charge in [0.25, 0.3) is 0 Å². The molecular formula is C5H5NO4SZn. The molecule has 0 aromatic carbocycles. The summed E-state index contributed by atoms with van der Waals surface area (Å²) < 4.78 is 34.1. The van der Waals surface area contributed by atoms with Crippen LogP contribution in [0.15, 0.2) is 30.6 Å². The molecule has 0 saturated heterocycles. The normalized spacial score (nSPS) is 8.83. The molecule has 0 aliphatic heterocycles. The first kappa shape index (κ1) is 14.2. The number of rotatable bonds is 0. The Hall–Kier alpha value is -0.357. The van der Waals surface area contributed by atoms with Crippen LogP contribution in [0.25, 0.3) is 0 Å². The summed E-state index contributed by atoms with van der Waals surface area (Å²) in [7, 11) is -5.17. The standard InChI is InChI=1S/C5H5N.H2O4S.Zn/c1-2-4-6-5-3-1;1-5(2,3)4;/h1-5H;(H2,1,2,3,4);/q;;+2/p-2. The zero-order chi connectivity index (χ0) is 8.74.